The van der Waals surface area contributed by atoms with Gasteiger partial charge in [-0.1, -0.05) is 27.5 Å². The maximum Gasteiger partial charge on any atom is 0.242 e. The van der Waals surface area contributed by atoms with E-state index in [0.29, 0.717) is 4.47 Å². The Morgan fingerprint density at radius 2 is 2.06 bits per heavy atom. The van der Waals surface area contributed by atoms with E-state index in [1.807, 2.05) is 0 Å². The number of benzene rings is 1. The molecule has 1 aromatic rings. The topological polar surface area (TPSA) is 83.5 Å². The molecular formula is C10H11BrClNO4S. The molecule has 5 nitrogen and oxygen atoms in total. The molecule has 18 heavy (non-hydrogen) atoms. The smallest absolute Gasteiger partial charge is 0.242 e. The number of amides is 1. The van der Waals surface area contributed by atoms with Gasteiger partial charge >= 0.3 is 0 Å². The average Bonchev–Trinajstić information content (AvgIpc) is 2.22. The van der Waals surface area contributed by atoms with Crippen LogP contribution in [-0.2, 0) is 14.6 Å². The Bertz CT molecular complexity index is 588. The van der Waals surface area contributed by atoms with E-state index in [2.05, 4.69) is 21.2 Å². The second kappa shape index (κ2) is 5.46. The van der Waals surface area contributed by atoms with Crippen LogP contribution in [0.25, 0.3) is 0 Å². The predicted octanol–water partition coefficient (Wildman–Crippen LogP) is 2.18. The number of hydrogen-bond donors (Lipinski definition) is 2. The molecule has 0 aliphatic heterocycles. The van der Waals surface area contributed by atoms with Gasteiger partial charge < -0.3 is 10.4 Å². The summed E-state index contributed by atoms with van der Waals surface area (Å²) in [6.07, 6.45) is 0.963. The van der Waals surface area contributed by atoms with Gasteiger partial charge in [-0.05, 0) is 19.1 Å². The van der Waals surface area contributed by atoms with Crippen LogP contribution < -0.4 is 5.32 Å². The van der Waals surface area contributed by atoms with Crippen molar-refractivity contribution in [2.75, 3.05) is 11.6 Å². The molecule has 2 N–H and O–H groups in total. The third-order valence-corrected chi connectivity index (χ3v) is 4.54. The van der Waals surface area contributed by atoms with Crippen molar-refractivity contribution in [3.8, 4) is 5.75 Å². The average molecular weight is 357 g/mol. The first-order valence-electron chi connectivity index (χ1n) is 4.80. The van der Waals surface area contributed by atoms with Crippen molar-refractivity contribution in [3.05, 3.63) is 21.6 Å². The number of aromatic hydroxyl groups is 1. The molecule has 0 fully saturated rings. The van der Waals surface area contributed by atoms with Gasteiger partial charge in [0, 0.05) is 10.7 Å². The number of phenolic OH excluding ortho intramolecular Hbond substituents is 1. The molecule has 1 aromatic carbocycles. The largest absolute Gasteiger partial charge is 0.504 e. The number of hydrogen-bond acceptors (Lipinski definition) is 4. The summed E-state index contributed by atoms with van der Waals surface area (Å²) in [5, 5.41) is 10.8. The number of nitrogens with one attached hydrogen (secondary N) is 1. The third kappa shape index (κ3) is 3.60. The van der Waals surface area contributed by atoms with Crippen molar-refractivity contribution >= 4 is 49.0 Å². The van der Waals surface area contributed by atoms with Crippen molar-refractivity contribution in [1.29, 1.82) is 0 Å². The monoisotopic (exact) mass is 355 g/mol. The lowest BCUT2D eigenvalue weighted by molar-refractivity contribution is -0.115. The number of phenols is 1. The van der Waals surface area contributed by atoms with Crippen molar-refractivity contribution < 1.29 is 18.3 Å². The van der Waals surface area contributed by atoms with Crippen LogP contribution in [0.4, 0.5) is 5.69 Å². The number of rotatable bonds is 3. The van der Waals surface area contributed by atoms with Gasteiger partial charge in [-0.3, -0.25) is 4.79 Å². The third-order valence-electron chi connectivity index (χ3n) is 2.30. The second-order valence-corrected chi connectivity index (χ2v) is 7.43. The Labute approximate surface area is 118 Å². The van der Waals surface area contributed by atoms with Crippen LogP contribution in [0.5, 0.6) is 5.75 Å². The summed E-state index contributed by atoms with van der Waals surface area (Å²) >= 11 is 8.87. The van der Waals surface area contributed by atoms with Crippen LogP contribution in [0.1, 0.15) is 6.92 Å². The van der Waals surface area contributed by atoms with Gasteiger partial charge in [-0.25, -0.2) is 8.42 Å². The zero-order valence-electron chi connectivity index (χ0n) is 9.57. The van der Waals surface area contributed by atoms with Crippen LogP contribution in [0.3, 0.4) is 0 Å². The van der Waals surface area contributed by atoms with Gasteiger partial charge in [-0.2, -0.15) is 0 Å². The first kappa shape index (κ1) is 15.3. The molecule has 0 bridgehead atoms. The van der Waals surface area contributed by atoms with Gasteiger partial charge in [0.05, 0.1) is 10.7 Å². The fourth-order valence-electron chi connectivity index (χ4n) is 1.09. The summed E-state index contributed by atoms with van der Waals surface area (Å²) in [4.78, 5) is 11.7. The molecule has 0 aromatic heterocycles. The number of carbonyl (C=O) groups excluding carboxylic acids is 1. The molecule has 0 spiro atoms. The molecule has 8 heteroatoms. The number of anilines is 1. The molecule has 1 unspecified atom stereocenters. The maximum absolute atomic E-state index is 11.7. The van der Waals surface area contributed by atoms with E-state index in [1.165, 1.54) is 19.1 Å². The van der Waals surface area contributed by atoms with Crippen LogP contribution in [0, 0.1) is 0 Å². The van der Waals surface area contributed by atoms with Crippen LogP contribution >= 0.6 is 27.5 Å². The number of halogens is 2. The van der Waals surface area contributed by atoms with Crippen molar-refractivity contribution in [2.24, 2.45) is 0 Å². The molecule has 1 rings (SSSR count). The van der Waals surface area contributed by atoms with Crippen LogP contribution in [-0.4, -0.2) is 30.9 Å². The highest BCUT2D eigenvalue weighted by Gasteiger charge is 2.24. The van der Waals surface area contributed by atoms with Gasteiger partial charge in [0.1, 0.15) is 5.25 Å². The van der Waals surface area contributed by atoms with Gasteiger partial charge in [0.2, 0.25) is 5.91 Å². The summed E-state index contributed by atoms with van der Waals surface area (Å²) in [6, 6.07) is 2.88. The summed E-state index contributed by atoms with van der Waals surface area (Å²) < 4.78 is 23.0. The highest BCUT2D eigenvalue weighted by molar-refractivity contribution is 9.10. The van der Waals surface area contributed by atoms with E-state index < -0.39 is 21.0 Å². The zero-order valence-corrected chi connectivity index (χ0v) is 12.7. The first-order chi connectivity index (χ1) is 8.12. The summed E-state index contributed by atoms with van der Waals surface area (Å²) in [5.74, 6) is -1.05. The molecule has 0 aliphatic carbocycles. The fourth-order valence-corrected chi connectivity index (χ4v) is 2.35. The predicted molar refractivity (Wildman–Crippen MR) is 73.8 cm³/mol. The van der Waals surface area contributed by atoms with Crippen molar-refractivity contribution in [2.45, 2.75) is 12.2 Å². The van der Waals surface area contributed by atoms with Crippen molar-refractivity contribution in [3.63, 3.8) is 0 Å². The molecule has 0 radical (unpaired) electrons. The SMILES string of the molecule is CC(C(=O)Nc1cc(Br)cc(Cl)c1O)S(C)(=O)=O. The van der Waals surface area contributed by atoms with E-state index in [0.717, 1.165) is 6.26 Å². The lowest BCUT2D eigenvalue weighted by Crippen LogP contribution is -2.31. The lowest BCUT2D eigenvalue weighted by Gasteiger charge is -2.12. The van der Waals surface area contributed by atoms with Crippen LogP contribution in [0.2, 0.25) is 5.02 Å². The van der Waals surface area contributed by atoms with E-state index in [9.17, 15) is 18.3 Å². The second-order valence-electron chi connectivity index (χ2n) is 3.74. The fraction of sp³-hybridized carbons (Fsp3) is 0.300. The molecule has 0 saturated heterocycles. The highest BCUT2D eigenvalue weighted by Crippen LogP contribution is 2.35. The summed E-state index contributed by atoms with van der Waals surface area (Å²) in [7, 11) is -3.49. The zero-order chi connectivity index (χ0) is 14.1. The molecule has 100 valence electrons. The molecule has 1 atom stereocenters. The Morgan fingerprint density at radius 3 is 2.56 bits per heavy atom. The molecule has 0 saturated carbocycles. The minimum atomic E-state index is -3.49. The van der Waals surface area contributed by atoms with Crippen molar-refractivity contribution in [1.82, 2.24) is 0 Å². The lowest BCUT2D eigenvalue weighted by atomic mass is 10.3. The number of sulfone groups is 1. The van der Waals surface area contributed by atoms with Gasteiger partial charge in [0.25, 0.3) is 0 Å². The minimum absolute atomic E-state index is 0.0479. The van der Waals surface area contributed by atoms with E-state index >= 15 is 0 Å². The van der Waals surface area contributed by atoms with Gasteiger partial charge in [-0.15, -0.1) is 0 Å². The molecule has 0 aliphatic rings. The Balaban J connectivity index is 3.03. The molecule has 0 heterocycles. The molecule has 1 amide bonds. The number of carbonyl (C=O) groups is 1. The Hall–Kier alpha value is -0.790. The van der Waals surface area contributed by atoms with E-state index in [4.69, 9.17) is 11.6 Å². The normalized spacial score (nSPS) is 13.1. The van der Waals surface area contributed by atoms with Crippen LogP contribution in [0.15, 0.2) is 16.6 Å². The standard InChI is InChI=1S/C10H11BrClNO4S/c1-5(18(2,16)17)10(15)13-8-4-6(11)3-7(12)9(8)14/h3-5,14H,1-2H3,(H,13,15). The summed E-state index contributed by atoms with van der Waals surface area (Å²) in [6.45, 7) is 1.27. The van der Waals surface area contributed by atoms with E-state index in [1.54, 1.807) is 0 Å². The van der Waals surface area contributed by atoms with Gasteiger partial charge in [0.15, 0.2) is 15.6 Å². The first-order valence-corrected chi connectivity index (χ1v) is 7.93. The quantitative estimate of drug-likeness (QED) is 0.813. The molecular weight excluding hydrogens is 346 g/mol. The van der Waals surface area contributed by atoms with E-state index in [-0.39, 0.29) is 16.5 Å². The Morgan fingerprint density at radius 1 is 1.50 bits per heavy atom. The minimum Gasteiger partial charge on any atom is -0.504 e. The highest BCUT2D eigenvalue weighted by atomic mass is 79.9. The summed E-state index contributed by atoms with van der Waals surface area (Å²) in [5.41, 5.74) is 0.0508. The Kier molecular flexibility index (Phi) is 4.63. The maximum atomic E-state index is 11.7.